The molecule has 0 aliphatic heterocycles. The minimum Gasteiger partial charge on any atom is -0.373 e. The molecule has 1 N–H and O–H groups in total. The molecular weight excluding hydrogens is 249 g/mol. The Balaban J connectivity index is 2.37. The average molecular weight is 263 g/mol. The number of aromatic nitrogens is 2. The maximum atomic E-state index is 13.6. The highest BCUT2D eigenvalue weighted by Gasteiger charge is 2.11. The molecule has 0 bridgehead atoms. The molecule has 18 heavy (non-hydrogen) atoms. The SMILES string of the molecule is CCc1c(NC)ncnc1Sc1ccccc1F. The standard InChI is InChI=1S/C13H14FN3S/c1-3-9-12(15-2)16-8-17-13(9)18-11-7-5-4-6-10(11)14/h4-8H,3H2,1-2H3,(H,15,16,17). The molecule has 0 saturated heterocycles. The van der Waals surface area contributed by atoms with E-state index in [0.29, 0.717) is 4.90 Å². The molecule has 0 aliphatic carbocycles. The summed E-state index contributed by atoms with van der Waals surface area (Å²) < 4.78 is 13.6. The van der Waals surface area contributed by atoms with Crippen LogP contribution in [0.2, 0.25) is 0 Å². The first-order chi connectivity index (χ1) is 8.76. The molecule has 0 saturated carbocycles. The van der Waals surface area contributed by atoms with Gasteiger partial charge < -0.3 is 5.32 Å². The van der Waals surface area contributed by atoms with Crippen LogP contribution in [0, 0.1) is 5.82 Å². The lowest BCUT2D eigenvalue weighted by Gasteiger charge is -2.10. The molecule has 94 valence electrons. The number of halogens is 1. The Morgan fingerprint density at radius 3 is 2.72 bits per heavy atom. The molecule has 0 aliphatic rings. The number of hydrogen-bond donors (Lipinski definition) is 1. The summed E-state index contributed by atoms with van der Waals surface area (Å²) in [5.74, 6) is 0.570. The lowest BCUT2D eigenvalue weighted by Crippen LogP contribution is -2.01. The summed E-state index contributed by atoms with van der Waals surface area (Å²) in [6.45, 7) is 2.03. The molecule has 1 aromatic carbocycles. The molecule has 1 heterocycles. The van der Waals surface area contributed by atoms with Crippen molar-refractivity contribution in [1.82, 2.24) is 9.97 Å². The van der Waals surface area contributed by atoms with Gasteiger partial charge >= 0.3 is 0 Å². The van der Waals surface area contributed by atoms with E-state index >= 15 is 0 Å². The topological polar surface area (TPSA) is 37.8 Å². The number of hydrogen-bond acceptors (Lipinski definition) is 4. The van der Waals surface area contributed by atoms with Crippen molar-refractivity contribution in [3.8, 4) is 0 Å². The number of nitrogens with one attached hydrogen (secondary N) is 1. The smallest absolute Gasteiger partial charge is 0.137 e. The zero-order chi connectivity index (χ0) is 13.0. The fraction of sp³-hybridized carbons (Fsp3) is 0.231. The second-order valence-electron chi connectivity index (χ2n) is 3.64. The fourth-order valence-corrected chi connectivity index (χ4v) is 2.63. The van der Waals surface area contributed by atoms with Gasteiger partial charge in [-0.25, -0.2) is 14.4 Å². The zero-order valence-electron chi connectivity index (χ0n) is 10.3. The average Bonchev–Trinajstić information content (AvgIpc) is 2.41. The second-order valence-corrected chi connectivity index (χ2v) is 4.67. The van der Waals surface area contributed by atoms with Crippen LogP contribution in [0.3, 0.4) is 0 Å². The quantitative estimate of drug-likeness (QED) is 0.858. The maximum Gasteiger partial charge on any atom is 0.137 e. The van der Waals surface area contributed by atoms with Gasteiger partial charge in [0, 0.05) is 17.5 Å². The monoisotopic (exact) mass is 263 g/mol. The third-order valence-corrected chi connectivity index (χ3v) is 3.64. The van der Waals surface area contributed by atoms with E-state index in [4.69, 9.17) is 0 Å². The normalized spacial score (nSPS) is 10.4. The summed E-state index contributed by atoms with van der Waals surface area (Å²) in [5.41, 5.74) is 1.01. The first-order valence-corrected chi connectivity index (χ1v) is 6.52. The third kappa shape index (κ3) is 2.61. The molecule has 1 aromatic heterocycles. The van der Waals surface area contributed by atoms with Gasteiger partial charge in [-0.15, -0.1) is 0 Å². The van der Waals surface area contributed by atoms with E-state index in [0.717, 1.165) is 22.8 Å². The molecule has 0 atom stereocenters. The van der Waals surface area contributed by atoms with Gasteiger partial charge in [0.15, 0.2) is 0 Å². The van der Waals surface area contributed by atoms with E-state index in [1.54, 1.807) is 12.1 Å². The van der Waals surface area contributed by atoms with Crippen LogP contribution in [0.15, 0.2) is 40.5 Å². The van der Waals surface area contributed by atoms with Crippen molar-refractivity contribution in [2.75, 3.05) is 12.4 Å². The van der Waals surface area contributed by atoms with Gasteiger partial charge in [-0.2, -0.15) is 0 Å². The summed E-state index contributed by atoms with van der Waals surface area (Å²) in [6, 6.07) is 6.70. The van der Waals surface area contributed by atoms with E-state index in [1.807, 2.05) is 20.0 Å². The Hall–Kier alpha value is -1.62. The lowest BCUT2D eigenvalue weighted by molar-refractivity contribution is 0.602. The van der Waals surface area contributed by atoms with Crippen molar-refractivity contribution in [3.63, 3.8) is 0 Å². The molecule has 5 heteroatoms. The van der Waals surface area contributed by atoms with Gasteiger partial charge in [0.25, 0.3) is 0 Å². The van der Waals surface area contributed by atoms with Gasteiger partial charge in [-0.05, 0) is 18.6 Å². The van der Waals surface area contributed by atoms with Crippen molar-refractivity contribution in [3.05, 3.63) is 42.0 Å². The summed E-state index contributed by atoms with van der Waals surface area (Å²) in [7, 11) is 1.82. The van der Waals surface area contributed by atoms with Crippen LogP contribution in [0.1, 0.15) is 12.5 Å². The van der Waals surface area contributed by atoms with Gasteiger partial charge in [0.05, 0.1) is 0 Å². The Bertz CT molecular complexity index is 546. The highest BCUT2D eigenvalue weighted by molar-refractivity contribution is 7.99. The first kappa shape index (κ1) is 12.8. The van der Waals surface area contributed by atoms with Crippen molar-refractivity contribution in [2.45, 2.75) is 23.3 Å². The number of anilines is 1. The largest absolute Gasteiger partial charge is 0.373 e. The number of benzene rings is 1. The summed E-state index contributed by atoms with van der Waals surface area (Å²) in [4.78, 5) is 8.98. The van der Waals surface area contributed by atoms with Crippen molar-refractivity contribution >= 4 is 17.6 Å². The molecule has 2 aromatic rings. The Labute approximate surface area is 110 Å². The summed E-state index contributed by atoms with van der Waals surface area (Å²) >= 11 is 1.33. The lowest BCUT2D eigenvalue weighted by atomic mass is 10.2. The highest BCUT2D eigenvalue weighted by Crippen LogP contribution is 2.32. The Morgan fingerprint density at radius 1 is 1.28 bits per heavy atom. The van der Waals surface area contributed by atoms with Crippen LogP contribution in [0.25, 0.3) is 0 Å². The van der Waals surface area contributed by atoms with Crippen LogP contribution in [-0.2, 0) is 6.42 Å². The van der Waals surface area contributed by atoms with Gasteiger partial charge in [0.1, 0.15) is 23.0 Å². The Morgan fingerprint density at radius 2 is 2.06 bits per heavy atom. The maximum absolute atomic E-state index is 13.6. The Kier molecular flexibility index (Phi) is 4.15. The van der Waals surface area contributed by atoms with Crippen LogP contribution in [0.5, 0.6) is 0 Å². The highest BCUT2D eigenvalue weighted by atomic mass is 32.2. The molecule has 0 radical (unpaired) electrons. The minimum absolute atomic E-state index is 0.228. The summed E-state index contributed by atoms with van der Waals surface area (Å²) in [5, 5.41) is 3.82. The fourth-order valence-electron chi connectivity index (χ4n) is 1.65. The van der Waals surface area contributed by atoms with E-state index < -0.39 is 0 Å². The molecule has 2 rings (SSSR count). The van der Waals surface area contributed by atoms with Crippen molar-refractivity contribution in [2.24, 2.45) is 0 Å². The molecular formula is C13H14FN3S. The number of nitrogens with zero attached hydrogens (tertiary/aromatic N) is 2. The van der Waals surface area contributed by atoms with E-state index in [9.17, 15) is 4.39 Å². The van der Waals surface area contributed by atoms with Crippen molar-refractivity contribution in [1.29, 1.82) is 0 Å². The van der Waals surface area contributed by atoms with Gasteiger partial charge in [0.2, 0.25) is 0 Å². The molecule has 0 spiro atoms. The zero-order valence-corrected chi connectivity index (χ0v) is 11.1. The predicted octanol–water partition coefficient (Wildman–Crippen LogP) is 3.37. The van der Waals surface area contributed by atoms with Crippen LogP contribution in [-0.4, -0.2) is 17.0 Å². The van der Waals surface area contributed by atoms with Gasteiger partial charge in [-0.1, -0.05) is 30.8 Å². The molecule has 0 amide bonds. The van der Waals surface area contributed by atoms with E-state index in [2.05, 4.69) is 15.3 Å². The first-order valence-electron chi connectivity index (χ1n) is 5.70. The third-order valence-electron chi connectivity index (χ3n) is 2.54. The van der Waals surface area contributed by atoms with Crippen LogP contribution >= 0.6 is 11.8 Å². The van der Waals surface area contributed by atoms with Crippen molar-refractivity contribution < 1.29 is 4.39 Å². The second kappa shape index (κ2) is 5.82. The minimum atomic E-state index is -0.228. The summed E-state index contributed by atoms with van der Waals surface area (Å²) in [6.07, 6.45) is 2.29. The molecule has 0 unspecified atom stereocenters. The van der Waals surface area contributed by atoms with E-state index in [-0.39, 0.29) is 5.82 Å². The predicted molar refractivity (Wildman–Crippen MR) is 71.5 cm³/mol. The van der Waals surface area contributed by atoms with Crippen LogP contribution in [0.4, 0.5) is 10.2 Å². The molecule has 3 nitrogen and oxygen atoms in total. The number of rotatable bonds is 4. The molecule has 0 fully saturated rings. The van der Waals surface area contributed by atoms with Crippen LogP contribution < -0.4 is 5.32 Å². The van der Waals surface area contributed by atoms with Gasteiger partial charge in [-0.3, -0.25) is 0 Å². The van der Waals surface area contributed by atoms with E-state index in [1.165, 1.54) is 24.2 Å².